The van der Waals surface area contributed by atoms with Gasteiger partial charge in [-0.05, 0) is 22.6 Å². The van der Waals surface area contributed by atoms with Crippen molar-refractivity contribution in [1.29, 1.82) is 0 Å². The molecule has 1 heterocycles. The van der Waals surface area contributed by atoms with E-state index in [1.54, 1.807) is 6.07 Å². The van der Waals surface area contributed by atoms with Crippen molar-refractivity contribution >= 4 is 28.6 Å². The molecule has 4 nitrogen and oxygen atoms in total. The molecular weight excluding hydrogens is 247 g/mol. The van der Waals surface area contributed by atoms with E-state index in [1.807, 2.05) is 22.6 Å². The number of nitrogens with one attached hydrogen (secondary N) is 1. The Kier molecular flexibility index (Phi) is 2.25. The molecule has 1 N–H and O–H groups in total. The number of H-pyrrole nitrogens is 1. The number of aromatic amines is 1. The summed E-state index contributed by atoms with van der Waals surface area (Å²) in [5.41, 5.74) is 0.312. The molecule has 0 saturated heterocycles. The number of ether oxygens (including phenoxy) is 1. The van der Waals surface area contributed by atoms with Crippen LogP contribution >= 0.6 is 22.6 Å². The Morgan fingerprint density at radius 3 is 3.00 bits per heavy atom. The van der Waals surface area contributed by atoms with Crippen LogP contribution in [0.3, 0.4) is 0 Å². The first kappa shape index (κ1) is 7.52. The van der Waals surface area contributed by atoms with Gasteiger partial charge in [0.2, 0.25) is 0 Å². The molecule has 1 rings (SSSR count). The van der Waals surface area contributed by atoms with Crippen LogP contribution < -0.4 is 0 Å². The fraction of sp³-hybridized carbons (Fsp3) is 0.200. The SMILES string of the molecule is COC(=O)c1cc(I)[nH]n1. The number of carbonyl (C=O) groups excluding carboxylic acids is 1. The lowest BCUT2D eigenvalue weighted by Crippen LogP contribution is -2.00. The summed E-state index contributed by atoms with van der Waals surface area (Å²) in [5.74, 6) is -0.417. The van der Waals surface area contributed by atoms with Crippen molar-refractivity contribution in [2.45, 2.75) is 0 Å². The van der Waals surface area contributed by atoms with E-state index in [9.17, 15) is 4.79 Å². The van der Waals surface area contributed by atoms with Crippen LogP contribution in [0.25, 0.3) is 0 Å². The van der Waals surface area contributed by atoms with Crippen molar-refractivity contribution in [3.05, 3.63) is 15.5 Å². The number of rotatable bonds is 1. The summed E-state index contributed by atoms with van der Waals surface area (Å²) in [4.78, 5) is 10.7. The van der Waals surface area contributed by atoms with E-state index in [0.29, 0.717) is 5.69 Å². The fourth-order valence-electron chi connectivity index (χ4n) is 0.507. The Balaban J connectivity index is 2.85. The predicted molar refractivity (Wildman–Crippen MR) is 42.6 cm³/mol. The maximum absolute atomic E-state index is 10.7. The predicted octanol–water partition coefficient (Wildman–Crippen LogP) is 0.801. The van der Waals surface area contributed by atoms with E-state index in [4.69, 9.17) is 0 Å². The molecule has 0 aliphatic rings. The highest BCUT2D eigenvalue weighted by Crippen LogP contribution is 2.02. The van der Waals surface area contributed by atoms with Gasteiger partial charge in [0.1, 0.15) is 0 Å². The highest BCUT2D eigenvalue weighted by atomic mass is 127. The van der Waals surface area contributed by atoms with Crippen LogP contribution in [-0.4, -0.2) is 23.3 Å². The number of carbonyl (C=O) groups is 1. The monoisotopic (exact) mass is 252 g/mol. The van der Waals surface area contributed by atoms with Crippen LogP contribution in [0.4, 0.5) is 0 Å². The highest BCUT2D eigenvalue weighted by molar-refractivity contribution is 14.1. The molecule has 1 aromatic heterocycles. The molecule has 0 fully saturated rings. The number of hydrogen-bond donors (Lipinski definition) is 1. The normalized spacial score (nSPS) is 9.40. The molecule has 5 heteroatoms. The zero-order valence-corrected chi connectivity index (χ0v) is 7.38. The second kappa shape index (κ2) is 3.00. The molecule has 0 aliphatic carbocycles. The molecular formula is C5H5IN2O2. The molecule has 0 aromatic carbocycles. The zero-order valence-electron chi connectivity index (χ0n) is 5.22. The number of hydrogen-bond acceptors (Lipinski definition) is 3. The van der Waals surface area contributed by atoms with Gasteiger partial charge in [0.05, 0.1) is 10.8 Å². The van der Waals surface area contributed by atoms with Crippen LogP contribution in [0.1, 0.15) is 10.5 Å². The number of aromatic nitrogens is 2. The van der Waals surface area contributed by atoms with E-state index in [2.05, 4.69) is 14.9 Å². The molecule has 10 heavy (non-hydrogen) atoms. The Labute approximate surface area is 71.1 Å². The van der Waals surface area contributed by atoms with Crippen LogP contribution in [0, 0.1) is 3.70 Å². The van der Waals surface area contributed by atoms with E-state index in [1.165, 1.54) is 7.11 Å². The first-order chi connectivity index (χ1) is 4.74. The van der Waals surface area contributed by atoms with Gasteiger partial charge in [-0.3, -0.25) is 5.10 Å². The van der Waals surface area contributed by atoms with Crippen molar-refractivity contribution in [3.8, 4) is 0 Å². The third kappa shape index (κ3) is 1.47. The van der Waals surface area contributed by atoms with E-state index >= 15 is 0 Å². The minimum atomic E-state index is -0.417. The largest absolute Gasteiger partial charge is 0.464 e. The van der Waals surface area contributed by atoms with E-state index < -0.39 is 5.97 Å². The molecule has 0 radical (unpaired) electrons. The fourth-order valence-corrected chi connectivity index (χ4v) is 0.923. The quantitative estimate of drug-likeness (QED) is 0.594. The molecule has 0 atom stereocenters. The number of halogens is 1. The summed E-state index contributed by atoms with van der Waals surface area (Å²) in [6.07, 6.45) is 0. The molecule has 0 saturated carbocycles. The standard InChI is InChI=1S/C5H5IN2O2/c1-10-5(9)3-2-4(6)8-7-3/h2H,1H3,(H,7,8). The Morgan fingerprint density at radius 1 is 1.90 bits per heavy atom. The second-order valence-electron chi connectivity index (χ2n) is 1.59. The van der Waals surface area contributed by atoms with Crippen LogP contribution in [-0.2, 0) is 4.74 Å². The molecule has 0 amide bonds. The summed E-state index contributed by atoms with van der Waals surface area (Å²) in [5, 5.41) is 6.30. The third-order valence-electron chi connectivity index (χ3n) is 0.941. The van der Waals surface area contributed by atoms with Gasteiger partial charge in [-0.2, -0.15) is 5.10 Å². The van der Waals surface area contributed by atoms with Gasteiger partial charge >= 0.3 is 5.97 Å². The van der Waals surface area contributed by atoms with Gasteiger partial charge in [-0.15, -0.1) is 0 Å². The zero-order chi connectivity index (χ0) is 7.56. The summed E-state index contributed by atoms with van der Waals surface area (Å²) in [6, 6.07) is 1.62. The van der Waals surface area contributed by atoms with Gasteiger partial charge in [-0.1, -0.05) is 0 Å². The van der Waals surface area contributed by atoms with Crippen LogP contribution in [0.15, 0.2) is 6.07 Å². The van der Waals surface area contributed by atoms with Crippen molar-refractivity contribution in [2.75, 3.05) is 7.11 Å². The lowest BCUT2D eigenvalue weighted by molar-refractivity contribution is 0.0594. The summed E-state index contributed by atoms with van der Waals surface area (Å²) >= 11 is 2.02. The minimum absolute atomic E-state index is 0.312. The van der Waals surface area contributed by atoms with Gasteiger partial charge < -0.3 is 4.74 Å². The van der Waals surface area contributed by atoms with Crippen LogP contribution in [0.5, 0.6) is 0 Å². The van der Waals surface area contributed by atoms with Crippen molar-refractivity contribution in [2.24, 2.45) is 0 Å². The van der Waals surface area contributed by atoms with Crippen molar-refractivity contribution < 1.29 is 9.53 Å². The molecule has 0 aliphatic heterocycles. The Hall–Kier alpha value is -0.590. The number of nitrogens with zero attached hydrogens (tertiary/aromatic N) is 1. The molecule has 54 valence electrons. The summed E-state index contributed by atoms with van der Waals surface area (Å²) < 4.78 is 5.24. The molecule has 0 bridgehead atoms. The lowest BCUT2D eigenvalue weighted by atomic mass is 10.4. The maximum Gasteiger partial charge on any atom is 0.358 e. The second-order valence-corrected chi connectivity index (χ2v) is 2.75. The summed E-state index contributed by atoms with van der Waals surface area (Å²) in [7, 11) is 1.32. The first-order valence-corrected chi connectivity index (χ1v) is 3.61. The van der Waals surface area contributed by atoms with E-state index in [-0.39, 0.29) is 0 Å². The lowest BCUT2D eigenvalue weighted by Gasteiger charge is -1.89. The van der Waals surface area contributed by atoms with Crippen molar-refractivity contribution in [1.82, 2.24) is 10.2 Å². The van der Waals surface area contributed by atoms with Gasteiger partial charge in [0, 0.05) is 6.07 Å². The topological polar surface area (TPSA) is 55.0 Å². The minimum Gasteiger partial charge on any atom is -0.464 e. The number of esters is 1. The smallest absolute Gasteiger partial charge is 0.358 e. The average Bonchev–Trinajstić information content (AvgIpc) is 2.34. The van der Waals surface area contributed by atoms with Crippen molar-refractivity contribution in [3.63, 3.8) is 0 Å². The maximum atomic E-state index is 10.7. The van der Waals surface area contributed by atoms with Gasteiger partial charge in [0.25, 0.3) is 0 Å². The summed E-state index contributed by atoms with van der Waals surface area (Å²) in [6.45, 7) is 0. The highest BCUT2D eigenvalue weighted by Gasteiger charge is 2.07. The van der Waals surface area contributed by atoms with Gasteiger partial charge in [0.15, 0.2) is 5.69 Å². The molecule has 1 aromatic rings. The Morgan fingerprint density at radius 2 is 2.60 bits per heavy atom. The van der Waals surface area contributed by atoms with Crippen LogP contribution in [0.2, 0.25) is 0 Å². The average molecular weight is 252 g/mol. The van der Waals surface area contributed by atoms with Gasteiger partial charge in [-0.25, -0.2) is 4.79 Å². The first-order valence-electron chi connectivity index (χ1n) is 2.53. The third-order valence-corrected chi connectivity index (χ3v) is 1.49. The van der Waals surface area contributed by atoms with E-state index in [0.717, 1.165) is 3.70 Å². The number of methoxy groups -OCH3 is 1. The molecule has 0 spiro atoms. The molecule has 0 unspecified atom stereocenters. The Bertz CT molecular complexity index is 246.